The molecular formula is C96H114Br3N3O3. The lowest BCUT2D eigenvalue weighted by Crippen LogP contribution is -2.46. The van der Waals surface area contributed by atoms with Gasteiger partial charge in [0.15, 0.2) is 0 Å². The fourth-order valence-electron chi connectivity index (χ4n) is 15.3. The van der Waals surface area contributed by atoms with Gasteiger partial charge in [-0.15, -0.1) is 0 Å². The van der Waals surface area contributed by atoms with Gasteiger partial charge in [-0.3, -0.25) is 14.5 Å². The Morgan fingerprint density at radius 1 is 0.267 bits per heavy atom. The molecule has 2 aliphatic carbocycles. The molecule has 9 heteroatoms. The van der Waals surface area contributed by atoms with Crippen molar-refractivity contribution in [2.75, 3.05) is 0 Å². The molecular weight excluding hydrogens is 1480 g/mol. The number of hydrogen-bond donors (Lipinski definition) is 0. The third-order valence-electron chi connectivity index (χ3n) is 20.9. The van der Waals surface area contributed by atoms with Crippen molar-refractivity contribution in [2.24, 2.45) is 17.8 Å². The minimum absolute atomic E-state index is 0.0164. The second kappa shape index (κ2) is 33.5. The molecule has 10 aromatic rings. The lowest BCUT2D eigenvalue weighted by atomic mass is 9.81. The van der Waals surface area contributed by atoms with Crippen LogP contribution in [-0.4, -0.2) is 31.8 Å². The van der Waals surface area contributed by atoms with E-state index in [0.29, 0.717) is 17.8 Å². The first kappa shape index (κ1) is 80.9. The molecule has 0 aliphatic heterocycles. The van der Waals surface area contributed by atoms with E-state index in [1.807, 2.05) is 0 Å². The summed E-state index contributed by atoms with van der Waals surface area (Å²) in [5.74, 6) is 1.18. The summed E-state index contributed by atoms with van der Waals surface area (Å²) in [4.78, 5) is 20.3. The number of rotatable bonds is 20. The Hall–Kier alpha value is -6.60. The minimum atomic E-state index is -0.192. The van der Waals surface area contributed by atoms with Gasteiger partial charge in [-0.05, 0) is 250 Å². The van der Waals surface area contributed by atoms with Crippen molar-refractivity contribution in [1.29, 1.82) is 0 Å². The summed E-state index contributed by atoms with van der Waals surface area (Å²) in [7, 11) is 0. The highest BCUT2D eigenvalue weighted by molar-refractivity contribution is 9.11. The van der Waals surface area contributed by atoms with E-state index in [0.717, 1.165) is 24.5 Å². The molecule has 552 valence electrons. The molecule has 6 nitrogen and oxygen atoms in total. The summed E-state index contributed by atoms with van der Waals surface area (Å²) in [5.41, 5.74) is 22.6. The molecule has 105 heavy (non-hydrogen) atoms. The Kier molecular flexibility index (Phi) is 25.8. The van der Waals surface area contributed by atoms with Crippen LogP contribution in [0.15, 0.2) is 250 Å². The Balaban J connectivity index is 0.000000226. The van der Waals surface area contributed by atoms with Crippen molar-refractivity contribution in [3.63, 3.8) is 0 Å². The molecule has 0 saturated heterocycles. The van der Waals surface area contributed by atoms with Gasteiger partial charge in [-0.1, -0.05) is 305 Å². The molecule has 12 rings (SSSR count). The Morgan fingerprint density at radius 3 is 0.752 bits per heavy atom. The molecule has 0 bridgehead atoms. The average molecular weight is 1600 g/mol. The van der Waals surface area contributed by atoms with Crippen LogP contribution in [0.2, 0.25) is 0 Å². The normalized spacial score (nSPS) is 15.5. The van der Waals surface area contributed by atoms with Crippen molar-refractivity contribution in [3.05, 3.63) is 306 Å². The molecule has 0 saturated carbocycles. The largest absolute Gasteiger partial charge is 0.290 e. The van der Waals surface area contributed by atoms with Gasteiger partial charge in [-0.2, -0.15) is 15.2 Å². The Labute approximate surface area is 656 Å². The number of halogens is 3. The van der Waals surface area contributed by atoms with Crippen LogP contribution in [0.3, 0.4) is 0 Å². The molecule has 0 amide bonds. The molecule has 0 spiro atoms. The van der Waals surface area contributed by atoms with Crippen LogP contribution < -0.4 is 0 Å². The van der Waals surface area contributed by atoms with Crippen LogP contribution in [-0.2, 0) is 25.3 Å². The number of hydrogen-bond acceptors (Lipinski definition) is 6. The van der Waals surface area contributed by atoms with Crippen molar-refractivity contribution in [2.45, 2.75) is 216 Å². The zero-order chi connectivity index (χ0) is 76.3. The van der Waals surface area contributed by atoms with Crippen LogP contribution in [0.5, 0.6) is 0 Å². The van der Waals surface area contributed by atoms with E-state index < -0.39 is 0 Å². The van der Waals surface area contributed by atoms with E-state index in [1.165, 1.54) is 89.0 Å². The van der Waals surface area contributed by atoms with Gasteiger partial charge in [0.05, 0.1) is 18.1 Å². The predicted octanol–water partition coefficient (Wildman–Crippen LogP) is 28.8. The molecule has 6 atom stereocenters. The lowest BCUT2D eigenvalue weighted by molar-refractivity contribution is -0.272. The van der Waals surface area contributed by atoms with Crippen LogP contribution in [0.25, 0.3) is 44.5 Å². The molecule has 0 N–H and O–H groups in total. The van der Waals surface area contributed by atoms with E-state index >= 15 is 0 Å². The van der Waals surface area contributed by atoms with Crippen LogP contribution in [0, 0.1) is 17.8 Å². The van der Waals surface area contributed by atoms with Crippen molar-refractivity contribution in [1.82, 2.24) is 15.2 Å². The molecule has 2 aliphatic rings. The van der Waals surface area contributed by atoms with Crippen molar-refractivity contribution >= 4 is 47.8 Å². The zero-order valence-corrected chi connectivity index (χ0v) is 71.2. The highest BCUT2D eigenvalue weighted by Crippen LogP contribution is 2.53. The highest BCUT2D eigenvalue weighted by atomic mass is 79.9. The monoisotopic (exact) mass is 1590 g/mol. The number of fused-ring (bicyclic) bond motifs is 6. The standard InChI is InChI=1S/C59H72N2O2.C22H30BrNO.C15H12Br2/c1-39(2)55(47-21-17-15-18-22-47)60(57(7,8)9)62-41(5)43-25-29-45(30-26-43)49-33-35-51-52-36-34-50(38-54(52)59(13,14)53(51)37-49)46-31-27-44(28-32-46)42(6)63-61(58(10,11)12)56(40(3)4)48-23-19-16-20-24-48;1-16(2)21(19-10-8-7-9-11-19)24(22(4,5)6)25-17(3)18-12-14-20(23)15-13-18;1-15(2)13-7-9(16)3-5-11(13)12-6-4-10(17)8-14(12)15/h15-42,55-56H,1-14H3;7-17,21H,1-6H3;3-8H,1-2H3. The maximum atomic E-state index is 6.89. The van der Waals surface area contributed by atoms with Gasteiger partial charge in [0.2, 0.25) is 0 Å². The third-order valence-corrected chi connectivity index (χ3v) is 22.4. The van der Waals surface area contributed by atoms with Gasteiger partial charge in [0.25, 0.3) is 0 Å². The topological polar surface area (TPSA) is 37.4 Å². The maximum Gasteiger partial charge on any atom is 0.102 e. The number of hydroxylamine groups is 6. The fraction of sp³-hybridized carbons (Fsp3) is 0.375. The summed E-state index contributed by atoms with van der Waals surface area (Å²) in [6.07, 6.45) is -0.239. The second-order valence-electron chi connectivity index (χ2n) is 34.0. The zero-order valence-electron chi connectivity index (χ0n) is 66.4. The lowest BCUT2D eigenvalue weighted by Gasteiger charge is -2.44. The SMILES string of the molecule is CC(ON(C(c1ccccc1)C(C)C)C(C)(C)C)c1ccc(-c2ccc3c(c2)C(C)(C)c2cc(-c4ccc(C(C)ON(C(c5ccccc5)C(C)C)C(C)(C)C)cc4)ccc2-3)cc1.CC(ON(C(c1ccccc1)C(C)C)C(C)(C)C)c1ccc(Br)cc1.CC1(C)c2cc(Br)ccc2-c2ccc(Br)cc21. The first-order valence-electron chi connectivity index (χ1n) is 37.8. The van der Waals surface area contributed by atoms with E-state index in [9.17, 15) is 0 Å². The van der Waals surface area contributed by atoms with Crippen molar-refractivity contribution in [3.8, 4) is 44.5 Å². The van der Waals surface area contributed by atoms with Gasteiger partial charge in [0.1, 0.15) is 18.3 Å². The van der Waals surface area contributed by atoms with Crippen LogP contribution >= 0.6 is 47.8 Å². The molecule has 6 unspecified atom stereocenters. The number of nitrogens with zero attached hydrogens (tertiary/aromatic N) is 3. The Morgan fingerprint density at radius 2 is 0.495 bits per heavy atom. The summed E-state index contributed by atoms with van der Waals surface area (Å²) in [6.45, 7) is 49.4. The first-order valence-corrected chi connectivity index (χ1v) is 40.2. The molecule has 0 aromatic heterocycles. The first-order chi connectivity index (χ1) is 49.4. The smallest absolute Gasteiger partial charge is 0.102 e. The molecule has 0 heterocycles. The summed E-state index contributed by atoms with van der Waals surface area (Å²) in [5, 5.41) is 6.62. The second-order valence-corrected chi connectivity index (χ2v) is 36.7. The van der Waals surface area contributed by atoms with E-state index in [2.05, 4.69) is 452 Å². The predicted molar refractivity (Wildman–Crippen MR) is 454 cm³/mol. The molecule has 10 aromatic carbocycles. The Bertz CT molecular complexity index is 4270. The van der Waals surface area contributed by atoms with Gasteiger partial charge >= 0.3 is 0 Å². The van der Waals surface area contributed by atoms with E-state index in [4.69, 9.17) is 14.5 Å². The summed E-state index contributed by atoms with van der Waals surface area (Å²) < 4.78 is 3.38. The average Bonchev–Trinajstić information content (AvgIpc) is 1.58. The molecule has 0 fully saturated rings. The van der Waals surface area contributed by atoms with Crippen LogP contribution in [0.4, 0.5) is 0 Å². The van der Waals surface area contributed by atoms with Crippen molar-refractivity contribution < 1.29 is 14.5 Å². The highest BCUT2D eigenvalue weighted by Gasteiger charge is 2.41. The number of benzene rings is 10. The fourth-order valence-corrected chi connectivity index (χ4v) is 16.3. The molecule has 0 radical (unpaired) electrons. The van der Waals surface area contributed by atoms with Gasteiger partial charge < -0.3 is 0 Å². The third kappa shape index (κ3) is 18.8. The van der Waals surface area contributed by atoms with Gasteiger partial charge in [-0.25, -0.2) is 0 Å². The van der Waals surface area contributed by atoms with Gasteiger partial charge in [0, 0.05) is 40.9 Å². The van der Waals surface area contributed by atoms with E-state index in [-0.39, 0.29) is 63.9 Å². The quantitative estimate of drug-likeness (QED) is 0.0708. The maximum absolute atomic E-state index is 6.89. The van der Waals surface area contributed by atoms with Crippen LogP contribution in [0.1, 0.15) is 244 Å². The summed E-state index contributed by atoms with van der Waals surface area (Å²) in [6, 6.07) is 86.1. The van der Waals surface area contributed by atoms with E-state index in [1.54, 1.807) is 0 Å². The minimum Gasteiger partial charge on any atom is -0.290 e. The summed E-state index contributed by atoms with van der Waals surface area (Å²) >= 11 is 10.6.